The summed E-state index contributed by atoms with van der Waals surface area (Å²) in [6.45, 7) is 6.35. The lowest BCUT2D eigenvalue weighted by Crippen LogP contribution is -2.33. The number of hydrogen-bond acceptors (Lipinski definition) is 4. The van der Waals surface area contributed by atoms with Gasteiger partial charge in [-0.05, 0) is 32.4 Å². The molecule has 0 bridgehead atoms. The Morgan fingerprint density at radius 2 is 2.26 bits per heavy atom. The molecule has 0 aliphatic carbocycles. The number of aryl methyl sites for hydroxylation is 1. The van der Waals surface area contributed by atoms with Crippen LogP contribution in [0.4, 0.5) is 5.95 Å². The lowest BCUT2D eigenvalue weighted by molar-refractivity contribution is -0.132. The van der Waals surface area contributed by atoms with Crippen LogP contribution in [0.1, 0.15) is 25.5 Å². The molecule has 6 heteroatoms. The molecule has 0 aliphatic heterocycles. The standard InChI is InChI=1S/C13H19N5O/c1-5-17(4)12(19)9(3)18-11-10(16-13(18)14)6-8(2)7-15-11/h6-7,9H,5H2,1-4H3,(H2,14,16). The Morgan fingerprint density at radius 1 is 1.58 bits per heavy atom. The maximum Gasteiger partial charge on any atom is 0.245 e. The summed E-state index contributed by atoms with van der Waals surface area (Å²) in [6.07, 6.45) is 1.75. The van der Waals surface area contributed by atoms with Crippen molar-refractivity contribution < 1.29 is 4.79 Å². The van der Waals surface area contributed by atoms with E-state index in [2.05, 4.69) is 9.97 Å². The topological polar surface area (TPSA) is 77.0 Å². The molecule has 0 saturated carbocycles. The zero-order valence-corrected chi connectivity index (χ0v) is 11.7. The number of carbonyl (C=O) groups is 1. The number of hydrogen-bond donors (Lipinski definition) is 1. The third-order valence-corrected chi connectivity index (χ3v) is 3.29. The predicted octanol–water partition coefficient (Wildman–Crippen LogP) is 1.36. The SMILES string of the molecule is CCN(C)C(=O)C(C)n1c(N)nc2cc(C)cnc21. The van der Waals surface area contributed by atoms with E-state index in [0.29, 0.717) is 18.1 Å². The van der Waals surface area contributed by atoms with Gasteiger partial charge in [0.2, 0.25) is 11.9 Å². The highest BCUT2D eigenvalue weighted by Crippen LogP contribution is 2.22. The first-order valence-electron chi connectivity index (χ1n) is 6.30. The van der Waals surface area contributed by atoms with Gasteiger partial charge in [0, 0.05) is 19.8 Å². The zero-order chi connectivity index (χ0) is 14.2. The Hall–Kier alpha value is -2.11. The normalized spacial score (nSPS) is 12.6. The third-order valence-electron chi connectivity index (χ3n) is 3.29. The molecular formula is C13H19N5O. The van der Waals surface area contributed by atoms with Crippen molar-refractivity contribution in [1.82, 2.24) is 19.4 Å². The fraction of sp³-hybridized carbons (Fsp3) is 0.462. The lowest BCUT2D eigenvalue weighted by atomic mass is 10.2. The monoisotopic (exact) mass is 261 g/mol. The number of fused-ring (bicyclic) bond motifs is 1. The Morgan fingerprint density at radius 3 is 2.89 bits per heavy atom. The molecule has 0 spiro atoms. The third kappa shape index (κ3) is 2.25. The van der Waals surface area contributed by atoms with Gasteiger partial charge in [-0.3, -0.25) is 9.36 Å². The van der Waals surface area contributed by atoms with Crippen LogP contribution in [-0.2, 0) is 4.79 Å². The van der Waals surface area contributed by atoms with E-state index in [9.17, 15) is 4.79 Å². The number of amides is 1. The van der Waals surface area contributed by atoms with Crippen LogP contribution in [0.2, 0.25) is 0 Å². The van der Waals surface area contributed by atoms with Crippen molar-refractivity contribution in [2.75, 3.05) is 19.3 Å². The quantitative estimate of drug-likeness (QED) is 0.905. The molecule has 0 fully saturated rings. The number of aromatic nitrogens is 3. The maximum absolute atomic E-state index is 12.2. The molecule has 6 nitrogen and oxygen atoms in total. The summed E-state index contributed by atoms with van der Waals surface area (Å²) in [4.78, 5) is 22.5. The van der Waals surface area contributed by atoms with E-state index >= 15 is 0 Å². The summed E-state index contributed by atoms with van der Waals surface area (Å²) in [5, 5.41) is 0. The Kier molecular flexibility index (Phi) is 3.42. The van der Waals surface area contributed by atoms with Crippen molar-refractivity contribution in [3.05, 3.63) is 17.8 Å². The first-order chi connectivity index (χ1) is 8.95. The minimum absolute atomic E-state index is 0.00382. The fourth-order valence-corrected chi connectivity index (χ4v) is 2.07. The van der Waals surface area contributed by atoms with Gasteiger partial charge in [-0.1, -0.05) is 0 Å². The van der Waals surface area contributed by atoms with E-state index in [-0.39, 0.29) is 5.91 Å². The summed E-state index contributed by atoms with van der Waals surface area (Å²) in [6, 6.07) is 1.50. The Bertz CT molecular complexity index is 619. The molecular weight excluding hydrogens is 242 g/mol. The molecule has 0 saturated heterocycles. The number of nitrogens with two attached hydrogens (primary N) is 1. The van der Waals surface area contributed by atoms with Crippen molar-refractivity contribution in [2.24, 2.45) is 0 Å². The average molecular weight is 261 g/mol. The molecule has 2 N–H and O–H groups in total. The molecule has 19 heavy (non-hydrogen) atoms. The minimum atomic E-state index is -0.412. The highest BCUT2D eigenvalue weighted by molar-refractivity contribution is 5.84. The highest BCUT2D eigenvalue weighted by Gasteiger charge is 2.23. The van der Waals surface area contributed by atoms with Gasteiger partial charge in [0.05, 0.1) is 0 Å². The minimum Gasteiger partial charge on any atom is -0.369 e. The molecule has 1 unspecified atom stereocenters. The van der Waals surface area contributed by atoms with E-state index in [1.807, 2.05) is 26.8 Å². The molecule has 0 aliphatic rings. The molecule has 2 aromatic heterocycles. The number of pyridine rings is 1. The van der Waals surface area contributed by atoms with Crippen molar-refractivity contribution in [1.29, 1.82) is 0 Å². The number of nitrogen functional groups attached to an aromatic ring is 1. The van der Waals surface area contributed by atoms with Crippen molar-refractivity contribution in [3.8, 4) is 0 Å². The maximum atomic E-state index is 12.2. The second-order valence-corrected chi connectivity index (χ2v) is 4.72. The van der Waals surface area contributed by atoms with Gasteiger partial charge >= 0.3 is 0 Å². The van der Waals surface area contributed by atoms with E-state index in [1.165, 1.54) is 0 Å². The van der Waals surface area contributed by atoms with Gasteiger partial charge in [-0.15, -0.1) is 0 Å². The van der Waals surface area contributed by atoms with Gasteiger partial charge in [0.25, 0.3) is 0 Å². The largest absolute Gasteiger partial charge is 0.369 e. The number of nitrogens with zero attached hydrogens (tertiary/aromatic N) is 4. The van der Waals surface area contributed by atoms with Gasteiger partial charge in [-0.2, -0.15) is 0 Å². The fourth-order valence-electron chi connectivity index (χ4n) is 2.07. The summed E-state index contributed by atoms with van der Waals surface area (Å²) < 4.78 is 1.68. The molecule has 1 atom stereocenters. The zero-order valence-electron chi connectivity index (χ0n) is 11.7. The number of rotatable bonds is 3. The summed E-state index contributed by atoms with van der Waals surface area (Å²) in [5.41, 5.74) is 8.31. The van der Waals surface area contributed by atoms with Crippen LogP contribution in [0.25, 0.3) is 11.2 Å². The van der Waals surface area contributed by atoms with Gasteiger partial charge in [-0.25, -0.2) is 9.97 Å². The first kappa shape index (κ1) is 13.3. The van der Waals surface area contributed by atoms with Crippen LogP contribution in [-0.4, -0.2) is 38.9 Å². The van der Waals surface area contributed by atoms with Gasteiger partial charge < -0.3 is 10.6 Å². The molecule has 2 heterocycles. The molecule has 1 amide bonds. The summed E-state index contributed by atoms with van der Waals surface area (Å²) >= 11 is 0. The van der Waals surface area contributed by atoms with E-state index in [0.717, 1.165) is 11.1 Å². The van der Waals surface area contributed by atoms with Crippen LogP contribution in [0, 0.1) is 6.92 Å². The van der Waals surface area contributed by atoms with E-state index in [1.54, 1.807) is 22.7 Å². The van der Waals surface area contributed by atoms with E-state index < -0.39 is 6.04 Å². The predicted molar refractivity (Wildman–Crippen MR) is 74.7 cm³/mol. The number of anilines is 1. The molecule has 102 valence electrons. The second-order valence-electron chi connectivity index (χ2n) is 4.72. The molecule has 2 aromatic rings. The average Bonchev–Trinajstić information content (AvgIpc) is 2.71. The van der Waals surface area contributed by atoms with Crippen molar-refractivity contribution >= 4 is 23.0 Å². The summed E-state index contributed by atoms with van der Waals surface area (Å²) in [7, 11) is 1.77. The van der Waals surface area contributed by atoms with Crippen molar-refractivity contribution in [2.45, 2.75) is 26.8 Å². The van der Waals surface area contributed by atoms with Crippen LogP contribution in [0.15, 0.2) is 12.3 Å². The molecule has 2 rings (SSSR count). The number of imidazole rings is 1. The Labute approximate surface area is 112 Å². The highest BCUT2D eigenvalue weighted by atomic mass is 16.2. The second kappa shape index (κ2) is 4.87. The van der Waals surface area contributed by atoms with Gasteiger partial charge in [0.15, 0.2) is 5.65 Å². The first-order valence-corrected chi connectivity index (χ1v) is 6.30. The lowest BCUT2D eigenvalue weighted by Gasteiger charge is -2.21. The molecule has 0 aromatic carbocycles. The smallest absolute Gasteiger partial charge is 0.245 e. The van der Waals surface area contributed by atoms with Gasteiger partial charge in [0.1, 0.15) is 11.6 Å². The van der Waals surface area contributed by atoms with E-state index in [4.69, 9.17) is 5.73 Å². The van der Waals surface area contributed by atoms with Crippen LogP contribution >= 0.6 is 0 Å². The Balaban J connectivity index is 2.50. The number of likely N-dealkylation sites (N-methyl/N-ethyl adjacent to an activating group) is 1. The molecule has 0 radical (unpaired) electrons. The summed E-state index contributed by atoms with van der Waals surface area (Å²) in [5.74, 6) is 0.314. The number of carbonyl (C=O) groups excluding carboxylic acids is 1. The van der Waals surface area contributed by atoms with Crippen molar-refractivity contribution in [3.63, 3.8) is 0 Å². The van der Waals surface area contributed by atoms with Crippen LogP contribution < -0.4 is 5.73 Å². The van der Waals surface area contributed by atoms with Crippen LogP contribution in [0.5, 0.6) is 0 Å². The van der Waals surface area contributed by atoms with Crippen LogP contribution in [0.3, 0.4) is 0 Å².